The summed E-state index contributed by atoms with van der Waals surface area (Å²) in [6, 6.07) is 0. The van der Waals surface area contributed by atoms with Crippen molar-refractivity contribution < 1.29 is 0 Å². The highest BCUT2D eigenvalue weighted by molar-refractivity contribution is 8.15. The van der Waals surface area contributed by atoms with Gasteiger partial charge in [0.25, 0.3) is 0 Å². The largest absolute Gasteiger partial charge is 0.340 e. The zero-order valence-corrected chi connectivity index (χ0v) is 12.3. The van der Waals surface area contributed by atoms with E-state index in [1.54, 1.807) is 0 Å². The fraction of sp³-hybridized carbons (Fsp3) is 1.00. The molecule has 0 aliphatic rings. The summed E-state index contributed by atoms with van der Waals surface area (Å²) in [6.45, 7) is 21.5. The maximum absolute atomic E-state index is 2.63. The van der Waals surface area contributed by atoms with Crippen LogP contribution >= 0.6 is 15.6 Å². The minimum atomic E-state index is 0.0785. The van der Waals surface area contributed by atoms with Crippen molar-refractivity contribution in [2.24, 2.45) is 0 Å². The smallest absolute Gasteiger partial charge is 0.0572 e. The van der Waals surface area contributed by atoms with Crippen LogP contribution in [0.25, 0.3) is 0 Å². The SMILES string of the molecule is CP([B-]P(C)C(C)(C)C)C(C)(C)C. The van der Waals surface area contributed by atoms with Gasteiger partial charge in [-0.2, -0.15) is 0 Å². The molecule has 2 atom stereocenters. The molecule has 0 amide bonds. The Morgan fingerprint density at radius 3 is 1.08 bits per heavy atom. The monoisotopic (exact) mass is 217 g/mol. The number of hydrogen-bond acceptors (Lipinski definition) is 0. The molecule has 2 radical (unpaired) electrons. The number of rotatable bonds is 2. The third-order valence-electron chi connectivity index (χ3n) is 2.46. The van der Waals surface area contributed by atoms with E-state index in [4.69, 9.17) is 0 Å². The van der Waals surface area contributed by atoms with E-state index in [-0.39, 0.29) is 15.6 Å². The van der Waals surface area contributed by atoms with Gasteiger partial charge >= 0.3 is 0 Å². The molecule has 0 aliphatic carbocycles. The molecule has 0 heterocycles. The fourth-order valence-corrected chi connectivity index (χ4v) is 5.46. The average molecular weight is 217 g/mol. The summed E-state index contributed by atoms with van der Waals surface area (Å²) in [7, 11) is 0.157. The van der Waals surface area contributed by atoms with Crippen molar-refractivity contribution in [3.05, 3.63) is 0 Å². The van der Waals surface area contributed by atoms with Crippen molar-refractivity contribution >= 4 is 22.3 Å². The third-order valence-corrected chi connectivity index (χ3v) is 9.47. The molecule has 0 N–H and O–H groups in total. The third kappa shape index (κ3) is 5.39. The van der Waals surface area contributed by atoms with Crippen LogP contribution in [-0.4, -0.2) is 30.4 Å². The average Bonchev–Trinajstić information content (AvgIpc) is 1.82. The molecular formula is C10H24BP2-. The summed E-state index contributed by atoms with van der Waals surface area (Å²) in [4.78, 5) is 0. The lowest BCUT2D eigenvalue weighted by Crippen LogP contribution is -2.19. The van der Waals surface area contributed by atoms with E-state index in [1.165, 1.54) is 0 Å². The first kappa shape index (κ1) is 13.9. The van der Waals surface area contributed by atoms with Gasteiger partial charge < -0.3 is 15.6 Å². The molecule has 0 bridgehead atoms. The van der Waals surface area contributed by atoms with Gasteiger partial charge in [0.05, 0.1) is 0 Å². The molecule has 3 heteroatoms. The van der Waals surface area contributed by atoms with Gasteiger partial charge in [0, 0.05) is 0 Å². The van der Waals surface area contributed by atoms with Crippen LogP contribution in [0.2, 0.25) is 0 Å². The lowest BCUT2D eigenvalue weighted by atomic mass is 10.2. The lowest BCUT2D eigenvalue weighted by Gasteiger charge is -2.49. The molecule has 0 aromatic rings. The topological polar surface area (TPSA) is 0 Å². The van der Waals surface area contributed by atoms with Crippen molar-refractivity contribution in [2.75, 3.05) is 13.3 Å². The summed E-state index contributed by atoms with van der Waals surface area (Å²) in [5, 5.41) is 0.967. The summed E-state index contributed by atoms with van der Waals surface area (Å²) < 4.78 is 0. The quantitative estimate of drug-likeness (QED) is 0.476. The van der Waals surface area contributed by atoms with Crippen molar-refractivity contribution in [1.82, 2.24) is 0 Å². The van der Waals surface area contributed by atoms with Gasteiger partial charge in [0.1, 0.15) is 0 Å². The Morgan fingerprint density at radius 2 is 0.923 bits per heavy atom. The highest BCUT2D eigenvalue weighted by Gasteiger charge is 2.15. The van der Waals surface area contributed by atoms with Gasteiger partial charge in [-0.15, -0.1) is 0 Å². The molecule has 0 saturated heterocycles. The fourth-order valence-electron chi connectivity index (χ4n) is 0.606. The van der Waals surface area contributed by atoms with Gasteiger partial charge in [-0.3, -0.25) is 6.72 Å². The first-order chi connectivity index (χ1) is 5.55. The molecule has 0 saturated carbocycles. The van der Waals surface area contributed by atoms with E-state index in [0.717, 1.165) is 0 Å². The Labute approximate surface area is 87.9 Å². The molecule has 0 aromatic heterocycles. The van der Waals surface area contributed by atoms with E-state index in [9.17, 15) is 0 Å². The van der Waals surface area contributed by atoms with Gasteiger partial charge in [0.15, 0.2) is 0 Å². The molecule has 13 heavy (non-hydrogen) atoms. The molecule has 0 spiro atoms. The van der Waals surface area contributed by atoms with Crippen LogP contribution in [0.3, 0.4) is 0 Å². The number of hydrogen-bond donors (Lipinski definition) is 0. The first-order valence-electron chi connectivity index (χ1n) is 4.86. The van der Waals surface area contributed by atoms with Crippen LogP contribution in [0, 0.1) is 0 Å². The molecule has 0 rings (SSSR count). The summed E-state index contributed by atoms with van der Waals surface area (Å²) in [6.07, 6.45) is 0. The highest BCUT2D eigenvalue weighted by Crippen LogP contribution is 2.57. The van der Waals surface area contributed by atoms with Crippen LogP contribution in [0.15, 0.2) is 0 Å². The Kier molecular flexibility index (Phi) is 4.96. The Balaban J connectivity index is 4.15. The minimum absolute atomic E-state index is 0.0785. The zero-order valence-electron chi connectivity index (χ0n) is 10.5. The normalized spacial score (nSPS) is 18.5. The molecule has 2 unspecified atom stereocenters. The van der Waals surface area contributed by atoms with E-state index in [1.807, 2.05) is 0 Å². The Bertz CT molecular complexity index is 137. The predicted molar refractivity (Wildman–Crippen MR) is 70.9 cm³/mol. The standard InChI is InChI=1S/C10H24BP2/c1-9(2,3)12(7)11-13(8)10(4,5)6/h1-8H3/q-1. The first-order valence-corrected chi connectivity index (χ1v) is 8.57. The van der Waals surface area contributed by atoms with Gasteiger partial charge in [-0.25, -0.2) is 0 Å². The maximum atomic E-state index is 2.63. The van der Waals surface area contributed by atoms with Crippen LogP contribution in [-0.2, 0) is 0 Å². The maximum Gasteiger partial charge on any atom is -0.0572 e. The second-order valence-electron chi connectivity index (χ2n) is 5.68. The summed E-state index contributed by atoms with van der Waals surface area (Å²) >= 11 is 0. The van der Waals surface area contributed by atoms with Crippen molar-refractivity contribution in [1.29, 1.82) is 0 Å². The molecule has 0 nitrogen and oxygen atoms in total. The van der Waals surface area contributed by atoms with E-state index >= 15 is 0 Å². The van der Waals surface area contributed by atoms with Crippen molar-refractivity contribution in [3.63, 3.8) is 0 Å². The predicted octanol–water partition coefficient (Wildman–Crippen LogP) is 4.34. The lowest BCUT2D eigenvalue weighted by molar-refractivity contribution is 0.791. The van der Waals surface area contributed by atoms with Crippen LogP contribution in [0.4, 0.5) is 0 Å². The van der Waals surface area contributed by atoms with Crippen LogP contribution < -0.4 is 0 Å². The molecule has 0 aliphatic heterocycles. The van der Waals surface area contributed by atoms with Crippen molar-refractivity contribution in [3.8, 4) is 0 Å². The summed E-state index contributed by atoms with van der Waals surface area (Å²) in [5.74, 6) is 0. The second-order valence-corrected chi connectivity index (χ2v) is 11.7. The molecule has 0 fully saturated rings. The second kappa shape index (κ2) is 4.63. The molecule has 78 valence electrons. The Hall–Kier alpha value is 0.925. The molecule has 0 aromatic carbocycles. The minimum Gasteiger partial charge on any atom is -0.340 e. The van der Waals surface area contributed by atoms with Crippen molar-refractivity contribution in [2.45, 2.75) is 51.9 Å². The highest BCUT2D eigenvalue weighted by atomic mass is 31.2. The van der Waals surface area contributed by atoms with Gasteiger partial charge in [0.2, 0.25) is 0 Å². The zero-order chi connectivity index (χ0) is 10.9. The van der Waals surface area contributed by atoms with Crippen LogP contribution in [0.1, 0.15) is 41.5 Å². The van der Waals surface area contributed by atoms with Gasteiger partial charge in [-0.05, 0) is 0 Å². The summed E-state index contributed by atoms with van der Waals surface area (Å²) in [5.41, 5.74) is 0. The van der Waals surface area contributed by atoms with Crippen LogP contribution in [0.5, 0.6) is 0 Å². The van der Waals surface area contributed by atoms with E-state index in [2.05, 4.69) is 61.6 Å². The molecular weight excluding hydrogens is 193 g/mol. The van der Waals surface area contributed by atoms with E-state index < -0.39 is 0 Å². The van der Waals surface area contributed by atoms with E-state index in [0.29, 0.717) is 10.3 Å². The van der Waals surface area contributed by atoms with Gasteiger partial charge in [-0.1, -0.05) is 65.2 Å². The Morgan fingerprint density at radius 1 is 0.692 bits per heavy atom.